The predicted molar refractivity (Wildman–Crippen MR) is 50.7 cm³/mol. The summed E-state index contributed by atoms with van der Waals surface area (Å²) in [5.74, 6) is 6.02. The molecule has 0 aliphatic heterocycles. The van der Waals surface area contributed by atoms with Crippen molar-refractivity contribution in [2.24, 2.45) is 10.8 Å². The van der Waals surface area contributed by atoms with E-state index in [-0.39, 0.29) is 0 Å². The van der Waals surface area contributed by atoms with Crippen LogP contribution in [0.4, 0.5) is 0 Å². The quantitative estimate of drug-likeness (QED) is 0.243. The molecule has 0 aromatic heterocycles. The molecule has 0 atom stereocenters. The van der Waals surface area contributed by atoms with Crippen molar-refractivity contribution in [2.45, 2.75) is 38.6 Å². The van der Waals surface area contributed by atoms with Crippen LogP contribution in [0.3, 0.4) is 0 Å². The zero-order valence-corrected chi connectivity index (χ0v) is 7.64. The molecule has 4 N–H and O–H groups in total. The molecule has 4 nitrogen and oxygen atoms in total. The van der Waals surface area contributed by atoms with Gasteiger partial charge in [-0.25, -0.2) is 5.84 Å². The van der Waals surface area contributed by atoms with Gasteiger partial charge in [-0.2, -0.15) is 0 Å². The summed E-state index contributed by atoms with van der Waals surface area (Å²) < 4.78 is 0. The summed E-state index contributed by atoms with van der Waals surface area (Å²) >= 11 is 0. The molecule has 0 radical (unpaired) electrons. The molecule has 12 heavy (non-hydrogen) atoms. The second-order valence-electron chi connectivity index (χ2n) is 3.09. The molecular weight excluding hydrogens is 152 g/mol. The Hall–Kier alpha value is -0.770. The van der Waals surface area contributed by atoms with Crippen molar-refractivity contribution >= 4 is 5.96 Å². The lowest BCUT2D eigenvalue weighted by Gasteiger charge is -2.14. The molecule has 0 unspecified atom stereocenters. The lowest BCUT2D eigenvalue weighted by atomic mass is 10.2. The van der Waals surface area contributed by atoms with Gasteiger partial charge in [0.25, 0.3) is 0 Å². The molecule has 0 saturated heterocycles. The van der Waals surface area contributed by atoms with Gasteiger partial charge >= 0.3 is 0 Å². The molecular formula is C8H18N4. The van der Waals surface area contributed by atoms with E-state index < -0.39 is 0 Å². The van der Waals surface area contributed by atoms with Crippen LogP contribution in [0.5, 0.6) is 0 Å². The van der Waals surface area contributed by atoms with Crippen LogP contribution in [0.25, 0.3) is 0 Å². The highest BCUT2D eigenvalue weighted by atomic mass is 15.3. The summed E-state index contributed by atoms with van der Waals surface area (Å²) in [6, 6.07) is 0.575. The normalized spacial score (nSPS) is 19.7. The highest BCUT2D eigenvalue weighted by molar-refractivity contribution is 5.79. The number of nitrogens with two attached hydrogens (primary N) is 1. The molecule has 0 amide bonds. The zero-order chi connectivity index (χ0) is 8.81. The van der Waals surface area contributed by atoms with E-state index in [1.54, 1.807) is 0 Å². The van der Waals surface area contributed by atoms with Gasteiger partial charge in [-0.3, -0.25) is 10.4 Å². The standard InChI is InChI=1S/C8H18N4/c1-2-10-8(12-9)11-7-5-3-4-6-7/h7H,2-6,9H2,1H3,(H2,10,11,12). The third-order valence-electron chi connectivity index (χ3n) is 2.15. The molecule has 1 aliphatic carbocycles. The van der Waals surface area contributed by atoms with E-state index >= 15 is 0 Å². The summed E-state index contributed by atoms with van der Waals surface area (Å²) in [4.78, 5) is 4.18. The first-order valence-electron chi connectivity index (χ1n) is 4.64. The van der Waals surface area contributed by atoms with Gasteiger partial charge in [0.15, 0.2) is 0 Å². The molecule has 0 aromatic carbocycles. The number of guanidine groups is 1. The summed E-state index contributed by atoms with van der Waals surface area (Å²) in [7, 11) is 0. The zero-order valence-electron chi connectivity index (χ0n) is 7.64. The van der Waals surface area contributed by atoms with Crippen molar-refractivity contribution in [3.05, 3.63) is 0 Å². The van der Waals surface area contributed by atoms with Crippen molar-refractivity contribution in [3.63, 3.8) is 0 Å². The molecule has 1 fully saturated rings. The molecule has 4 heteroatoms. The van der Waals surface area contributed by atoms with Crippen molar-refractivity contribution in [1.29, 1.82) is 0 Å². The topological polar surface area (TPSA) is 62.4 Å². The van der Waals surface area contributed by atoms with Crippen LogP contribution in [-0.4, -0.2) is 18.5 Å². The Morgan fingerprint density at radius 2 is 2.17 bits per heavy atom. The monoisotopic (exact) mass is 170 g/mol. The minimum atomic E-state index is 0.575. The number of hydrazine groups is 1. The van der Waals surface area contributed by atoms with Crippen molar-refractivity contribution in [2.75, 3.05) is 6.54 Å². The van der Waals surface area contributed by atoms with Crippen molar-refractivity contribution in [1.82, 2.24) is 10.7 Å². The maximum absolute atomic E-state index is 5.29. The number of hydrogen-bond donors (Lipinski definition) is 3. The Morgan fingerprint density at radius 3 is 2.67 bits per heavy atom. The lowest BCUT2D eigenvalue weighted by Crippen LogP contribution is -2.45. The van der Waals surface area contributed by atoms with Crippen LogP contribution in [0, 0.1) is 0 Å². The Kier molecular flexibility index (Phi) is 3.87. The minimum absolute atomic E-state index is 0.575. The maximum atomic E-state index is 5.29. The lowest BCUT2D eigenvalue weighted by molar-refractivity contribution is 0.615. The Labute approximate surface area is 73.6 Å². The van der Waals surface area contributed by atoms with Crippen LogP contribution in [-0.2, 0) is 0 Å². The van der Waals surface area contributed by atoms with Crippen LogP contribution in [0.15, 0.2) is 4.99 Å². The average Bonchev–Trinajstić information content (AvgIpc) is 2.56. The first-order chi connectivity index (χ1) is 5.86. The van der Waals surface area contributed by atoms with Crippen LogP contribution in [0.1, 0.15) is 32.6 Å². The number of hydrogen-bond acceptors (Lipinski definition) is 2. The van der Waals surface area contributed by atoms with Gasteiger partial charge in [-0.05, 0) is 19.8 Å². The fourth-order valence-corrected chi connectivity index (χ4v) is 1.55. The van der Waals surface area contributed by atoms with E-state index in [2.05, 4.69) is 15.7 Å². The number of rotatable bonds is 2. The minimum Gasteiger partial charge on any atom is -0.353 e. The van der Waals surface area contributed by atoms with Gasteiger partial charge in [0, 0.05) is 12.6 Å². The van der Waals surface area contributed by atoms with Gasteiger partial charge in [0.1, 0.15) is 0 Å². The summed E-state index contributed by atoms with van der Waals surface area (Å²) in [5, 5.41) is 3.28. The van der Waals surface area contributed by atoms with Crippen LogP contribution >= 0.6 is 0 Å². The maximum Gasteiger partial charge on any atom is 0.205 e. The number of nitrogens with one attached hydrogen (secondary N) is 2. The van der Waals surface area contributed by atoms with E-state index in [1.807, 2.05) is 6.92 Å². The van der Waals surface area contributed by atoms with Crippen LogP contribution < -0.4 is 16.6 Å². The van der Waals surface area contributed by atoms with Gasteiger partial charge in [-0.15, -0.1) is 0 Å². The fourth-order valence-electron chi connectivity index (χ4n) is 1.55. The largest absolute Gasteiger partial charge is 0.353 e. The molecule has 0 aromatic rings. The predicted octanol–water partition coefficient (Wildman–Crippen LogP) is 0.358. The van der Waals surface area contributed by atoms with Gasteiger partial charge < -0.3 is 5.32 Å². The molecule has 1 aliphatic rings. The average molecular weight is 170 g/mol. The Balaban J connectivity index is 2.30. The Bertz CT molecular complexity index is 149. The SMILES string of the molecule is CCN=C(NN)NC1CCCC1. The van der Waals surface area contributed by atoms with Crippen molar-refractivity contribution < 1.29 is 0 Å². The van der Waals surface area contributed by atoms with Gasteiger partial charge in [0.05, 0.1) is 0 Å². The molecule has 0 heterocycles. The Morgan fingerprint density at radius 1 is 1.50 bits per heavy atom. The summed E-state index contributed by atoms with van der Waals surface area (Å²) in [6.45, 7) is 2.76. The van der Waals surface area contributed by atoms with E-state index in [9.17, 15) is 0 Å². The number of nitrogens with zero attached hydrogens (tertiary/aromatic N) is 1. The molecule has 0 bridgehead atoms. The fraction of sp³-hybridized carbons (Fsp3) is 0.875. The second kappa shape index (κ2) is 4.98. The van der Waals surface area contributed by atoms with Gasteiger partial charge in [0.2, 0.25) is 5.96 Å². The molecule has 70 valence electrons. The highest BCUT2D eigenvalue weighted by Crippen LogP contribution is 2.17. The van der Waals surface area contributed by atoms with Crippen LogP contribution in [0.2, 0.25) is 0 Å². The second-order valence-corrected chi connectivity index (χ2v) is 3.09. The van der Waals surface area contributed by atoms with E-state index in [4.69, 9.17) is 5.84 Å². The molecule has 1 saturated carbocycles. The van der Waals surface area contributed by atoms with Gasteiger partial charge in [-0.1, -0.05) is 12.8 Å². The van der Waals surface area contributed by atoms with E-state index in [1.165, 1.54) is 25.7 Å². The first-order valence-corrected chi connectivity index (χ1v) is 4.64. The third-order valence-corrected chi connectivity index (χ3v) is 2.15. The summed E-state index contributed by atoms with van der Waals surface area (Å²) in [6.07, 6.45) is 5.12. The first kappa shape index (κ1) is 9.32. The van der Waals surface area contributed by atoms with E-state index in [0.717, 1.165) is 12.5 Å². The van der Waals surface area contributed by atoms with Crippen molar-refractivity contribution in [3.8, 4) is 0 Å². The molecule has 0 spiro atoms. The third kappa shape index (κ3) is 2.70. The highest BCUT2D eigenvalue weighted by Gasteiger charge is 2.15. The summed E-state index contributed by atoms with van der Waals surface area (Å²) in [5.41, 5.74) is 2.57. The number of aliphatic imine (C=N–C) groups is 1. The molecule has 1 rings (SSSR count). The smallest absolute Gasteiger partial charge is 0.205 e. The van der Waals surface area contributed by atoms with E-state index in [0.29, 0.717) is 6.04 Å².